The van der Waals surface area contributed by atoms with Gasteiger partial charge in [0, 0.05) is 0 Å². The van der Waals surface area contributed by atoms with Crippen molar-refractivity contribution in [2.24, 2.45) is 0 Å². The quantitative estimate of drug-likeness (QED) is 0.237. The predicted octanol–water partition coefficient (Wildman–Crippen LogP) is -1.74. The molecular formula is C12H23INO4-. The first-order valence-corrected chi connectivity index (χ1v) is 8.65. The molecule has 0 aliphatic heterocycles. The fraction of sp³-hybridized carbons (Fsp3) is 0.833. The van der Waals surface area contributed by atoms with E-state index in [0.29, 0.717) is 0 Å². The van der Waals surface area contributed by atoms with Gasteiger partial charge >= 0.3 is 120 Å². The Bertz CT molecular complexity index is 281. The zero-order chi connectivity index (χ0) is 14.2. The van der Waals surface area contributed by atoms with Crippen molar-refractivity contribution in [2.45, 2.75) is 52.2 Å². The molecule has 1 atom stereocenters. The summed E-state index contributed by atoms with van der Waals surface area (Å²) >= 11 is -0.143. The van der Waals surface area contributed by atoms with E-state index in [1.807, 2.05) is 14.0 Å². The minimum atomic E-state index is -1.21. The van der Waals surface area contributed by atoms with Gasteiger partial charge in [0.1, 0.15) is 0 Å². The molecule has 0 aromatic heterocycles. The van der Waals surface area contributed by atoms with Crippen LogP contribution in [0.2, 0.25) is 0 Å². The van der Waals surface area contributed by atoms with E-state index in [0.717, 1.165) is 10.8 Å². The summed E-state index contributed by atoms with van der Waals surface area (Å²) in [5.41, 5.74) is -1.21. The number of rotatable bonds is 8. The van der Waals surface area contributed by atoms with Gasteiger partial charge in [0.25, 0.3) is 0 Å². The molecule has 0 aliphatic rings. The average molecular weight is 372 g/mol. The standard InChI is InChI=1S/C12H23INO4/c1-6-9(8-13-14-5)17-11(16)12(3,4)18-10(15)7-2/h9,14H,6-8H2,1-5H3/q-1. The van der Waals surface area contributed by atoms with Gasteiger partial charge in [-0.1, -0.05) is 0 Å². The van der Waals surface area contributed by atoms with Gasteiger partial charge in [-0.05, 0) is 0 Å². The van der Waals surface area contributed by atoms with Crippen LogP contribution in [0.3, 0.4) is 0 Å². The number of hydrogen-bond donors (Lipinski definition) is 1. The number of alkyl halides is 1. The molecule has 0 aromatic carbocycles. The summed E-state index contributed by atoms with van der Waals surface area (Å²) < 4.78 is 14.4. The van der Waals surface area contributed by atoms with Crippen molar-refractivity contribution in [3.63, 3.8) is 0 Å². The molecule has 1 N–H and O–H groups in total. The van der Waals surface area contributed by atoms with Crippen molar-refractivity contribution >= 4 is 11.9 Å². The van der Waals surface area contributed by atoms with Gasteiger partial charge in [-0.15, -0.1) is 0 Å². The third-order valence-electron chi connectivity index (χ3n) is 2.26. The summed E-state index contributed by atoms with van der Waals surface area (Å²) in [6.07, 6.45) is 0.918. The Morgan fingerprint density at radius 1 is 1.33 bits per heavy atom. The molecule has 0 aromatic rings. The molecule has 18 heavy (non-hydrogen) atoms. The number of halogens is 1. The van der Waals surface area contributed by atoms with Crippen LogP contribution in [0.5, 0.6) is 0 Å². The van der Waals surface area contributed by atoms with Crippen molar-refractivity contribution in [1.29, 1.82) is 0 Å². The Hall–Kier alpha value is -0.370. The second kappa shape index (κ2) is 8.68. The average Bonchev–Trinajstić information content (AvgIpc) is 2.33. The molecule has 0 fully saturated rings. The Labute approximate surface area is 120 Å². The molecule has 0 radical (unpaired) electrons. The molecule has 0 aliphatic carbocycles. The fourth-order valence-electron chi connectivity index (χ4n) is 1.08. The third kappa shape index (κ3) is 6.53. The first kappa shape index (κ1) is 17.6. The second-order valence-electron chi connectivity index (χ2n) is 4.25. The SMILES string of the molecule is CCC(=O)OC(C)(C)C(=O)OC(CC)C[I-]NC. The van der Waals surface area contributed by atoms with Crippen LogP contribution in [0, 0.1) is 0 Å². The van der Waals surface area contributed by atoms with Crippen LogP contribution in [0.1, 0.15) is 40.5 Å². The summed E-state index contributed by atoms with van der Waals surface area (Å²) in [4.78, 5) is 23.2. The van der Waals surface area contributed by atoms with Gasteiger partial charge in [-0.25, -0.2) is 0 Å². The van der Waals surface area contributed by atoms with Gasteiger partial charge in [-0.3, -0.25) is 0 Å². The number of ether oxygens (including phenoxy) is 2. The number of hydrogen-bond acceptors (Lipinski definition) is 5. The number of nitrogens with one attached hydrogen (secondary N) is 1. The molecule has 108 valence electrons. The maximum atomic E-state index is 11.9. The summed E-state index contributed by atoms with van der Waals surface area (Å²) in [5, 5.41) is 0. The molecule has 0 heterocycles. The molecular weight excluding hydrogens is 349 g/mol. The van der Waals surface area contributed by atoms with E-state index >= 15 is 0 Å². The second-order valence-corrected chi connectivity index (χ2v) is 6.97. The summed E-state index contributed by atoms with van der Waals surface area (Å²) in [5.74, 6) is -0.871. The van der Waals surface area contributed by atoms with Gasteiger partial charge in [0.15, 0.2) is 0 Å². The normalized spacial score (nSPS) is 13.2. The number of carbonyl (C=O) groups is 2. The molecule has 0 saturated carbocycles. The Morgan fingerprint density at radius 2 is 1.94 bits per heavy atom. The van der Waals surface area contributed by atoms with Crippen LogP contribution in [-0.2, 0) is 19.1 Å². The van der Waals surface area contributed by atoms with Gasteiger partial charge in [-0.2, -0.15) is 0 Å². The van der Waals surface area contributed by atoms with Crippen LogP contribution >= 0.6 is 0 Å². The van der Waals surface area contributed by atoms with Crippen molar-refractivity contribution in [3.8, 4) is 0 Å². The fourth-order valence-corrected chi connectivity index (χ4v) is 2.81. The minimum absolute atomic E-state index is 0.0997. The number of carbonyl (C=O) groups excluding carboxylic acids is 2. The topological polar surface area (TPSA) is 64.6 Å². The molecule has 0 spiro atoms. The third-order valence-corrected chi connectivity index (χ3v) is 4.45. The monoisotopic (exact) mass is 372 g/mol. The van der Waals surface area contributed by atoms with Crippen molar-refractivity contribution in [2.75, 3.05) is 11.5 Å². The van der Waals surface area contributed by atoms with E-state index in [9.17, 15) is 9.59 Å². The summed E-state index contributed by atoms with van der Waals surface area (Å²) in [6, 6.07) is 0. The van der Waals surface area contributed by atoms with Crippen LogP contribution in [0.25, 0.3) is 0 Å². The molecule has 0 bridgehead atoms. The van der Waals surface area contributed by atoms with Gasteiger partial charge in [0.05, 0.1) is 0 Å². The van der Waals surface area contributed by atoms with E-state index in [4.69, 9.17) is 9.47 Å². The van der Waals surface area contributed by atoms with Crippen LogP contribution in [-0.4, -0.2) is 35.1 Å². The van der Waals surface area contributed by atoms with Crippen LogP contribution < -0.4 is 25.0 Å². The van der Waals surface area contributed by atoms with Crippen molar-refractivity contribution < 1.29 is 40.5 Å². The molecule has 5 nitrogen and oxygen atoms in total. The Balaban J connectivity index is 4.38. The zero-order valence-corrected chi connectivity index (χ0v) is 13.9. The van der Waals surface area contributed by atoms with Gasteiger partial charge in [0.2, 0.25) is 0 Å². The van der Waals surface area contributed by atoms with Crippen molar-refractivity contribution in [3.05, 3.63) is 0 Å². The van der Waals surface area contributed by atoms with E-state index in [1.54, 1.807) is 20.8 Å². The van der Waals surface area contributed by atoms with Crippen LogP contribution in [0.15, 0.2) is 0 Å². The summed E-state index contributed by atoms with van der Waals surface area (Å²) in [7, 11) is 1.90. The molecule has 0 saturated heterocycles. The zero-order valence-electron chi connectivity index (χ0n) is 11.7. The van der Waals surface area contributed by atoms with E-state index in [2.05, 4.69) is 3.53 Å². The molecule has 1 unspecified atom stereocenters. The summed E-state index contributed by atoms with van der Waals surface area (Å²) in [6.45, 7) is 6.78. The van der Waals surface area contributed by atoms with Gasteiger partial charge < -0.3 is 0 Å². The first-order chi connectivity index (χ1) is 8.37. The van der Waals surface area contributed by atoms with E-state index in [-0.39, 0.29) is 34.0 Å². The Morgan fingerprint density at radius 3 is 2.39 bits per heavy atom. The van der Waals surface area contributed by atoms with E-state index < -0.39 is 17.5 Å². The maximum absolute atomic E-state index is 11.9. The Kier molecular flexibility index (Phi) is 8.51. The first-order valence-electron chi connectivity index (χ1n) is 6.05. The van der Waals surface area contributed by atoms with Crippen molar-refractivity contribution in [1.82, 2.24) is 3.53 Å². The van der Waals surface area contributed by atoms with Crippen LogP contribution in [0.4, 0.5) is 0 Å². The molecule has 6 heteroatoms. The molecule has 0 amide bonds. The predicted molar refractivity (Wildman–Crippen MR) is 64.6 cm³/mol. The van der Waals surface area contributed by atoms with E-state index in [1.165, 1.54) is 0 Å². The molecule has 0 rings (SSSR count). The number of esters is 2.